The van der Waals surface area contributed by atoms with Crippen LogP contribution in [0, 0.1) is 11.3 Å². The number of hydrogen-bond donors (Lipinski definition) is 1. The number of ether oxygens (including phenoxy) is 1. The van der Waals surface area contributed by atoms with E-state index in [2.05, 4.69) is 15.0 Å². The Kier molecular flexibility index (Phi) is 4.81. The lowest BCUT2D eigenvalue weighted by Crippen LogP contribution is -2.15. The first-order valence-electron chi connectivity index (χ1n) is 5.36. The Labute approximate surface area is 105 Å². The normalized spacial score (nSPS) is 9.39. The molecule has 1 rings (SSSR count). The van der Waals surface area contributed by atoms with Crippen LogP contribution < -0.4 is 5.32 Å². The second-order valence-electron chi connectivity index (χ2n) is 3.45. The average Bonchev–Trinajstić information content (AvgIpc) is 2.38. The van der Waals surface area contributed by atoms with Gasteiger partial charge in [-0.2, -0.15) is 5.26 Å². The molecule has 0 saturated carbocycles. The summed E-state index contributed by atoms with van der Waals surface area (Å²) in [6.45, 7) is 1.90. The highest BCUT2D eigenvalue weighted by atomic mass is 16.5. The highest BCUT2D eigenvalue weighted by Crippen LogP contribution is 2.17. The Morgan fingerprint density at radius 3 is 2.83 bits per heavy atom. The second-order valence-corrected chi connectivity index (χ2v) is 3.45. The van der Waals surface area contributed by atoms with Crippen molar-refractivity contribution in [3.05, 3.63) is 23.5 Å². The molecule has 6 heteroatoms. The largest absolute Gasteiger partial charge is 0.465 e. The number of carbonyl (C=O) groups is 2. The van der Waals surface area contributed by atoms with E-state index in [0.29, 0.717) is 12.1 Å². The van der Waals surface area contributed by atoms with Crippen molar-refractivity contribution in [3.8, 4) is 6.07 Å². The van der Waals surface area contributed by atoms with Gasteiger partial charge in [0.15, 0.2) is 0 Å². The van der Waals surface area contributed by atoms with Crippen LogP contribution >= 0.6 is 0 Å². The summed E-state index contributed by atoms with van der Waals surface area (Å²) in [6.07, 6.45) is 1.77. The minimum Gasteiger partial charge on any atom is -0.465 e. The van der Waals surface area contributed by atoms with Crippen molar-refractivity contribution in [1.29, 1.82) is 5.26 Å². The first kappa shape index (κ1) is 13.6. The van der Waals surface area contributed by atoms with E-state index in [-0.39, 0.29) is 17.7 Å². The monoisotopic (exact) mass is 247 g/mol. The maximum Gasteiger partial charge on any atom is 0.340 e. The van der Waals surface area contributed by atoms with Gasteiger partial charge in [0.1, 0.15) is 6.42 Å². The molecular weight excluding hydrogens is 234 g/mol. The number of aryl methyl sites for hydroxylation is 1. The molecule has 0 aliphatic carbocycles. The molecule has 1 aromatic heterocycles. The third-order valence-corrected chi connectivity index (χ3v) is 2.24. The van der Waals surface area contributed by atoms with Crippen LogP contribution in [0.5, 0.6) is 0 Å². The summed E-state index contributed by atoms with van der Waals surface area (Å²) in [7, 11) is 1.26. The third kappa shape index (κ3) is 3.28. The molecule has 6 nitrogen and oxygen atoms in total. The first-order valence-corrected chi connectivity index (χ1v) is 5.36. The van der Waals surface area contributed by atoms with E-state index in [1.165, 1.54) is 13.3 Å². The topological polar surface area (TPSA) is 92.1 Å². The number of esters is 1. The quantitative estimate of drug-likeness (QED) is 0.809. The van der Waals surface area contributed by atoms with Crippen molar-refractivity contribution in [1.82, 2.24) is 4.98 Å². The number of nitrogens with one attached hydrogen (secondary N) is 1. The van der Waals surface area contributed by atoms with Crippen molar-refractivity contribution >= 4 is 17.6 Å². The molecule has 1 aromatic rings. The molecule has 1 heterocycles. The molecule has 1 amide bonds. The maximum absolute atomic E-state index is 11.6. The van der Waals surface area contributed by atoms with Crippen LogP contribution in [0.4, 0.5) is 5.69 Å². The Morgan fingerprint density at radius 2 is 2.28 bits per heavy atom. The Bertz CT molecular complexity index is 506. The number of anilines is 1. The number of aromatic nitrogens is 1. The fourth-order valence-electron chi connectivity index (χ4n) is 1.34. The standard InChI is InChI=1S/C12H13N3O3/c1-3-8-6-9(12(17)18-2)10(7-14-8)15-11(16)4-5-13/h6-7H,3-4H2,1-2H3,(H,15,16). The Balaban J connectivity index is 3.07. The number of carbonyl (C=O) groups excluding carboxylic acids is 2. The number of rotatable bonds is 4. The van der Waals surface area contributed by atoms with Gasteiger partial charge in [-0.25, -0.2) is 4.79 Å². The van der Waals surface area contributed by atoms with Crippen molar-refractivity contribution in [3.63, 3.8) is 0 Å². The SMILES string of the molecule is CCc1cc(C(=O)OC)c(NC(=O)CC#N)cn1. The predicted octanol–water partition coefficient (Wildman–Crippen LogP) is 1.28. The van der Waals surface area contributed by atoms with Crippen LogP contribution in [0.25, 0.3) is 0 Å². The highest BCUT2D eigenvalue weighted by Gasteiger charge is 2.15. The predicted molar refractivity (Wildman–Crippen MR) is 63.8 cm³/mol. The number of amides is 1. The van der Waals surface area contributed by atoms with E-state index in [1.54, 1.807) is 12.1 Å². The lowest BCUT2D eigenvalue weighted by molar-refractivity contribution is -0.115. The molecule has 0 aromatic carbocycles. The van der Waals surface area contributed by atoms with Crippen molar-refractivity contribution in [2.75, 3.05) is 12.4 Å². The van der Waals surface area contributed by atoms with E-state index in [4.69, 9.17) is 5.26 Å². The summed E-state index contributed by atoms with van der Waals surface area (Å²) < 4.78 is 4.63. The van der Waals surface area contributed by atoms with E-state index in [0.717, 1.165) is 0 Å². The van der Waals surface area contributed by atoms with Gasteiger partial charge in [0, 0.05) is 5.69 Å². The molecule has 0 saturated heterocycles. The Hall–Kier alpha value is -2.42. The molecule has 0 spiro atoms. The van der Waals surface area contributed by atoms with Gasteiger partial charge in [-0.1, -0.05) is 6.92 Å². The summed E-state index contributed by atoms with van der Waals surface area (Å²) in [5.41, 5.74) is 1.20. The first-order chi connectivity index (χ1) is 8.62. The molecular formula is C12H13N3O3. The molecule has 0 fully saturated rings. The van der Waals surface area contributed by atoms with Gasteiger partial charge >= 0.3 is 5.97 Å². The molecule has 0 aliphatic heterocycles. The van der Waals surface area contributed by atoms with Crippen LogP contribution in [0.3, 0.4) is 0 Å². The number of nitrogens with zero attached hydrogens (tertiary/aromatic N) is 2. The van der Waals surface area contributed by atoms with Crippen LogP contribution in [-0.2, 0) is 16.0 Å². The van der Waals surface area contributed by atoms with E-state index < -0.39 is 11.9 Å². The smallest absolute Gasteiger partial charge is 0.340 e. The molecule has 0 unspecified atom stereocenters. The lowest BCUT2D eigenvalue weighted by Gasteiger charge is -2.09. The second kappa shape index (κ2) is 6.35. The summed E-state index contributed by atoms with van der Waals surface area (Å²) in [6, 6.07) is 3.29. The van der Waals surface area contributed by atoms with Gasteiger partial charge in [0.2, 0.25) is 5.91 Å². The van der Waals surface area contributed by atoms with Gasteiger partial charge in [0.05, 0.1) is 30.6 Å². The zero-order valence-electron chi connectivity index (χ0n) is 10.2. The molecule has 0 radical (unpaired) electrons. The van der Waals surface area contributed by atoms with Crippen LogP contribution in [-0.4, -0.2) is 24.0 Å². The van der Waals surface area contributed by atoms with Crippen molar-refractivity contribution in [2.24, 2.45) is 0 Å². The van der Waals surface area contributed by atoms with E-state index >= 15 is 0 Å². The van der Waals surface area contributed by atoms with Crippen LogP contribution in [0.2, 0.25) is 0 Å². The van der Waals surface area contributed by atoms with Crippen LogP contribution in [0.15, 0.2) is 12.3 Å². The maximum atomic E-state index is 11.6. The van der Waals surface area contributed by atoms with Gasteiger partial charge in [-0.15, -0.1) is 0 Å². The summed E-state index contributed by atoms with van der Waals surface area (Å²) in [5, 5.41) is 10.9. The molecule has 18 heavy (non-hydrogen) atoms. The summed E-state index contributed by atoms with van der Waals surface area (Å²) >= 11 is 0. The molecule has 0 aliphatic rings. The summed E-state index contributed by atoms with van der Waals surface area (Å²) in [5.74, 6) is -1.05. The van der Waals surface area contributed by atoms with Crippen molar-refractivity contribution in [2.45, 2.75) is 19.8 Å². The van der Waals surface area contributed by atoms with Gasteiger partial charge in [0.25, 0.3) is 0 Å². The zero-order chi connectivity index (χ0) is 13.5. The van der Waals surface area contributed by atoms with Gasteiger partial charge < -0.3 is 10.1 Å². The Morgan fingerprint density at radius 1 is 1.56 bits per heavy atom. The lowest BCUT2D eigenvalue weighted by atomic mass is 10.1. The fourth-order valence-corrected chi connectivity index (χ4v) is 1.34. The van der Waals surface area contributed by atoms with E-state index in [9.17, 15) is 9.59 Å². The molecule has 0 bridgehead atoms. The van der Waals surface area contributed by atoms with E-state index in [1.807, 2.05) is 6.92 Å². The number of hydrogen-bond acceptors (Lipinski definition) is 5. The average molecular weight is 247 g/mol. The fraction of sp³-hybridized carbons (Fsp3) is 0.333. The summed E-state index contributed by atoms with van der Waals surface area (Å²) in [4.78, 5) is 27.0. The molecule has 1 N–H and O–H groups in total. The molecule has 0 atom stereocenters. The number of methoxy groups -OCH3 is 1. The highest BCUT2D eigenvalue weighted by molar-refractivity contribution is 6.01. The molecule has 94 valence electrons. The van der Waals surface area contributed by atoms with Crippen LogP contribution in [0.1, 0.15) is 29.4 Å². The minimum absolute atomic E-state index is 0.232. The number of pyridine rings is 1. The number of nitriles is 1. The van der Waals surface area contributed by atoms with Gasteiger partial charge in [-0.05, 0) is 12.5 Å². The minimum atomic E-state index is -0.556. The van der Waals surface area contributed by atoms with Crippen molar-refractivity contribution < 1.29 is 14.3 Å². The van der Waals surface area contributed by atoms with Gasteiger partial charge in [-0.3, -0.25) is 9.78 Å². The third-order valence-electron chi connectivity index (χ3n) is 2.24. The zero-order valence-corrected chi connectivity index (χ0v) is 10.2.